The van der Waals surface area contributed by atoms with Crippen molar-refractivity contribution in [1.82, 2.24) is 19.7 Å². The Kier molecular flexibility index (Phi) is 3.91. The molecule has 0 saturated carbocycles. The van der Waals surface area contributed by atoms with Crippen LogP contribution in [0.25, 0.3) is 16.9 Å². The topological polar surface area (TPSA) is 114 Å². The van der Waals surface area contributed by atoms with Crippen LogP contribution in [0.15, 0.2) is 43.1 Å². The number of nitrogens with zero attached hydrogens (tertiary/aromatic N) is 5. The van der Waals surface area contributed by atoms with Crippen LogP contribution in [-0.4, -0.2) is 37.9 Å². The van der Waals surface area contributed by atoms with Gasteiger partial charge >= 0.3 is 5.97 Å². The molecule has 3 heterocycles. The van der Waals surface area contributed by atoms with Gasteiger partial charge in [-0.15, -0.1) is 0 Å². The van der Waals surface area contributed by atoms with Gasteiger partial charge in [0.25, 0.3) is 0 Å². The summed E-state index contributed by atoms with van der Waals surface area (Å²) >= 11 is 0. The lowest BCUT2D eigenvalue weighted by molar-refractivity contribution is 0.0697. The largest absolute Gasteiger partial charge is 0.496 e. The van der Waals surface area contributed by atoms with Gasteiger partial charge in [0.1, 0.15) is 5.75 Å². The lowest BCUT2D eigenvalue weighted by Gasteiger charge is -2.10. The van der Waals surface area contributed by atoms with Gasteiger partial charge in [-0.05, 0) is 6.07 Å². The molecule has 0 atom stereocenters. The second-order valence-electron chi connectivity index (χ2n) is 4.75. The molecule has 8 nitrogen and oxygen atoms in total. The van der Waals surface area contributed by atoms with Crippen LogP contribution in [0, 0.1) is 11.3 Å². The molecule has 0 radical (unpaired) electrons. The molecule has 0 aliphatic heterocycles. The van der Waals surface area contributed by atoms with E-state index in [1.807, 2.05) is 0 Å². The van der Waals surface area contributed by atoms with Gasteiger partial charge < -0.3 is 9.84 Å². The van der Waals surface area contributed by atoms with Gasteiger partial charge in [-0.1, -0.05) is 0 Å². The lowest BCUT2D eigenvalue weighted by Crippen LogP contribution is -2.01. The van der Waals surface area contributed by atoms with E-state index in [-0.39, 0.29) is 5.56 Å². The third-order valence-electron chi connectivity index (χ3n) is 3.37. The SMILES string of the molecule is COc1ccncc1-c1cnc(-n2cc(C(=O)O)cn2)cc1C#N. The van der Waals surface area contributed by atoms with E-state index in [9.17, 15) is 10.1 Å². The summed E-state index contributed by atoms with van der Waals surface area (Å²) < 4.78 is 6.58. The van der Waals surface area contributed by atoms with Gasteiger partial charge in [0.15, 0.2) is 5.82 Å². The van der Waals surface area contributed by atoms with Crippen molar-refractivity contribution in [3.05, 3.63) is 54.2 Å². The third kappa shape index (κ3) is 2.66. The second-order valence-corrected chi connectivity index (χ2v) is 4.75. The van der Waals surface area contributed by atoms with Crippen LogP contribution in [0.1, 0.15) is 15.9 Å². The van der Waals surface area contributed by atoms with Gasteiger partial charge in [0, 0.05) is 42.0 Å². The monoisotopic (exact) mass is 321 g/mol. The van der Waals surface area contributed by atoms with Crippen molar-refractivity contribution >= 4 is 5.97 Å². The van der Waals surface area contributed by atoms with E-state index in [2.05, 4.69) is 21.1 Å². The van der Waals surface area contributed by atoms with Gasteiger partial charge in [-0.3, -0.25) is 4.98 Å². The molecule has 0 aliphatic carbocycles. The number of carboxylic acid groups (broad SMARTS) is 1. The van der Waals surface area contributed by atoms with E-state index in [0.29, 0.717) is 28.3 Å². The smallest absolute Gasteiger partial charge is 0.338 e. The molecular formula is C16H11N5O3. The number of hydrogen-bond acceptors (Lipinski definition) is 6. The number of hydrogen-bond donors (Lipinski definition) is 1. The Morgan fingerprint density at radius 2 is 2.17 bits per heavy atom. The fourth-order valence-corrected chi connectivity index (χ4v) is 2.20. The highest BCUT2D eigenvalue weighted by molar-refractivity contribution is 5.87. The molecule has 0 fully saturated rings. The van der Waals surface area contributed by atoms with Crippen molar-refractivity contribution in [2.24, 2.45) is 0 Å². The number of methoxy groups -OCH3 is 1. The minimum Gasteiger partial charge on any atom is -0.496 e. The zero-order valence-electron chi connectivity index (χ0n) is 12.5. The molecule has 0 bridgehead atoms. The first-order chi connectivity index (χ1) is 11.6. The Morgan fingerprint density at radius 3 is 2.83 bits per heavy atom. The predicted octanol–water partition coefficient (Wildman–Crippen LogP) is 1.91. The first-order valence-electron chi connectivity index (χ1n) is 6.81. The van der Waals surface area contributed by atoms with Crippen LogP contribution in [0.2, 0.25) is 0 Å². The molecule has 3 aromatic heterocycles. The minimum absolute atomic E-state index is 0.0355. The standard InChI is InChI=1S/C16H11N5O3/c1-24-14-2-3-18-7-13(14)12-8-19-15(4-10(12)5-17)21-9-11(6-20-21)16(22)23/h2-4,6-9H,1H3,(H,22,23). The Morgan fingerprint density at radius 1 is 1.33 bits per heavy atom. The summed E-state index contributed by atoms with van der Waals surface area (Å²) in [6.07, 6.45) is 7.24. The van der Waals surface area contributed by atoms with Gasteiger partial charge in [0.2, 0.25) is 0 Å². The average molecular weight is 321 g/mol. The lowest BCUT2D eigenvalue weighted by atomic mass is 10.0. The number of aromatic nitrogens is 4. The van der Waals surface area contributed by atoms with E-state index in [4.69, 9.17) is 9.84 Å². The molecule has 3 rings (SSSR count). The Hall–Kier alpha value is -3.73. The van der Waals surface area contributed by atoms with Crippen LogP contribution in [0.3, 0.4) is 0 Å². The van der Waals surface area contributed by atoms with E-state index >= 15 is 0 Å². The number of pyridine rings is 2. The maximum absolute atomic E-state index is 10.9. The number of aromatic carboxylic acids is 1. The van der Waals surface area contributed by atoms with Crippen molar-refractivity contribution in [3.63, 3.8) is 0 Å². The quantitative estimate of drug-likeness (QED) is 0.780. The second kappa shape index (κ2) is 6.18. The van der Waals surface area contributed by atoms with Crippen molar-refractivity contribution in [2.45, 2.75) is 0 Å². The van der Waals surface area contributed by atoms with Crippen LogP contribution < -0.4 is 4.74 Å². The highest BCUT2D eigenvalue weighted by Crippen LogP contribution is 2.31. The van der Waals surface area contributed by atoms with E-state index < -0.39 is 5.97 Å². The number of carboxylic acids is 1. The first-order valence-corrected chi connectivity index (χ1v) is 6.81. The molecule has 0 unspecified atom stereocenters. The van der Waals surface area contributed by atoms with Crippen LogP contribution in [-0.2, 0) is 0 Å². The van der Waals surface area contributed by atoms with E-state index in [1.54, 1.807) is 18.5 Å². The summed E-state index contributed by atoms with van der Waals surface area (Å²) in [6.45, 7) is 0. The normalized spacial score (nSPS) is 10.2. The van der Waals surface area contributed by atoms with Crippen molar-refractivity contribution in [2.75, 3.05) is 7.11 Å². The Bertz CT molecular complexity index is 958. The number of nitriles is 1. The summed E-state index contributed by atoms with van der Waals surface area (Å²) in [5, 5.41) is 22.3. The predicted molar refractivity (Wildman–Crippen MR) is 82.8 cm³/mol. The number of rotatable bonds is 4. The Labute approximate surface area is 136 Å². The summed E-state index contributed by atoms with van der Waals surface area (Å²) in [5.41, 5.74) is 1.59. The molecule has 0 saturated heterocycles. The maximum atomic E-state index is 10.9. The van der Waals surface area contributed by atoms with E-state index in [0.717, 1.165) is 0 Å². The fourth-order valence-electron chi connectivity index (χ4n) is 2.20. The summed E-state index contributed by atoms with van der Waals surface area (Å²) in [5.74, 6) is -0.174. The molecule has 0 aromatic carbocycles. The van der Waals surface area contributed by atoms with Gasteiger partial charge in [-0.2, -0.15) is 10.4 Å². The number of ether oxygens (including phenoxy) is 1. The van der Waals surface area contributed by atoms with Gasteiger partial charge in [0.05, 0.1) is 30.5 Å². The molecule has 1 N–H and O–H groups in total. The summed E-state index contributed by atoms with van der Waals surface area (Å²) in [7, 11) is 1.53. The van der Waals surface area contributed by atoms with Crippen LogP contribution in [0.4, 0.5) is 0 Å². The third-order valence-corrected chi connectivity index (χ3v) is 3.37. The van der Waals surface area contributed by atoms with Crippen LogP contribution in [0.5, 0.6) is 5.75 Å². The average Bonchev–Trinajstić information content (AvgIpc) is 3.11. The molecule has 0 amide bonds. The molecule has 0 spiro atoms. The highest BCUT2D eigenvalue weighted by atomic mass is 16.5. The molecule has 8 heteroatoms. The molecule has 118 valence electrons. The first kappa shape index (κ1) is 15.2. The maximum Gasteiger partial charge on any atom is 0.338 e. The van der Waals surface area contributed by atoms with E-state index in [1.165, 1.54) is 36.4 Å². The van der Waals surface area contributed by atoms with Crippen molar-refractivity contribution in [1.29, 1.82) is 5.26 Å². The van der Waals surface area contributed by atoms with Gasteiger partial charge in [-0.25, -0.2) is 14.5 Å². The summed E-state index contributed by atoms with van der Waals surface area (Å²) in [6, 6.07) is 5.32. The zero-order chi connectivity index (χ0) is 17.1. The summed E-state index contributed by atoms with van der Waals surface area (Å²) in [4.78, 5) is 19.2. The van der Waals surface area contributed by atoms with Crippen LogP contribution >= 0.6 is 0 Å². The fraction of sp³-hybridized carbons (Fsp3) is 0.0625. The highest BCUT2D eigenvalue weighted by Gasteiger charge is 2.14. The number of carbonyl (C=O) groups is 1. The molecular weight excluding hydrogens is 310 g/mol. The molecule has 0 aliphatic rings. The zero-order valence-corrected chi connectivity index (χ0v) is 12.5. The molecule has 24 heavy (non-hydrogen) atoms. The Balaban J connectivity index is 2.08. The van der Waals surface area contributed by atoms with Crippen molar-refractivity contribution in [3.8, 4) is 28.8 Å². The minimum atomic E-state index is -1.08. The van der Waals surface area contributed by atoms with Crippen molar-refractivity contribution < 1.29 is 14.6 Å². The molecule has 3 aromatic rings.